The van der Waals surface area contributed by atoms with E-state index in [0.717, 1.165) is 25.7 Å². The first-order valence-corrected chi connectivity index (χ1v) is 4.11. The molecular formula is C9H13NO2. The predicted molar refractivity (Wildman–Crippen MR) is 45.6 cm³/mol. The second-order valence-electron chi connectivity index (χ2n) is 2.99. The first-order valence-electron chi connectivity index (χ1n) is 4.11. The summed E-state index contributed by atoms with van der Waals surface area (Å²) in [6.45, 7) is 0. The molecule has 0 aromatic carbocycles. The van der Waals surface area contributed by atoms with Gasteiger partial charge in [-0.1, -0.05) is 5.92 Å². The van der Waals surface area contributed by atoms with Crippen molar-refractivity contribution in [3.05, 3.63) is 0 Å². The molecule has 1 saturated carbocycles. The molecule has 0 atom stereocenters. The third-order valence-electron chi connectivity index (χ3n) is 2.17. The molecule has 0 heterocycles. The number of hydrogen-bond acceptors (Lipinski definition) is 2. The highest BCUT2D eigenvalue weighted by Gasteiger charge is 2.35. The molecule has 1 fully saturated rings. The Balaban J connectivity index is 2.57. The monoisotopic (exact) mass is 167 g/mol. The van der Waals surface area contributed by atoms with Crippen LogP contribution in [0.4, 0.5) is 4.79 Å². The van der Waals surface area contributed by atoms with Gasteiger partial charge >= 0.3 is 6.09 Å². The number of terminal acetylenes is 1. The standard InChI is InChI=1S/C9H13NO2/c1-3-9(6-4-5-7-9)12-8(11)10-2/h1H,4-7H2,2H3,(H,10,11). The van der Waals surface area contributed by atoms with Crippen LogP contribution in [0.15, 0.2) is 0 Å². The van der Waals surface area contributed by atoms with Crippen molar-refractivity contribution in [2.75, 3.05) is 7.05 Å². The molecule has 66 valence electrons. The maximum atomic E-state index is 10.9. The summed E-state index contributed by atoms with van der Waals surface area (Å²) in [5.74, 6) is 2.56. The van der Waals surface area contributed by atoms with E-state index in [4.69, 9.17) is 11.2 Å². The Bertz CT molecular complexity index is 211. The highest BCUT2D eigenvalue weighted by molar-refractivity contribution is 5.67. The minimum Gasteiger partial charge on any atom is -0.430 e. The van der Waals surface area contributed by atoms with Gasteiger partial charge in [0.1, 0.15) is 0 Å². The van der Waals surface area contributed by atoms with Crippen LogP contribution >= 0.6 is 0 Å². The summed E-state index contributed by atoms with van der Waals surface area (Å²) in [4.78, 5) is 10.9. The smallest absolute Gasteiger partial charge is 0.408 e. The summed E-state index contributed by atoms with van der Waals surface area (Å²) in [5.41, 5.74) is -0.625. The lowest BCUT2D eigenvalue weighted by atomic mass is 10.0. The molecule has 1 rings (SSSR count). The van der Waals surface area contributed by atoms with E-state index < -0.39 is 11.7 Å². The molecule has 0 aromatic heterocycles. The Hall–Kier alpha value is -1.17. The molecule has 1 aliphatic rings. The maximum absolute atomic E-state index is 10.9. The van der Waals surface area contributed by atoms with Gasteiger partial charge in [0.25, 0.3) is 0 Å². The van der Waals surface area contributed by atoms with Crippen molar-refractivity contribution in [1.29, 1.82) is 0 Å². The topological polar surface area (TPSA) is 38.3 Å². The van der Waals surface area contributed by atoms with Crippen LogP contribution in [-0.2, 0) is 4.74 Å². The van der Waals surface area contributed by atoms with Crippen LogP contribution in [0.3, 0.4) is 0 Å². The maximum Gasteiger partial charge on any atom is 0.408 e. The molecule has 0 unspecified atom stereocenters. The van der Waals surface area contributed by atoms with Crippen LogP contribution in [-0.4, -0.2) is 18.7 Å². The van der Waals surface area contributed by atoms with Gasteiger partial charge in [0.2, 0.25) is 0 Å². The van der Waals surface area contributed by atoms with Gasteiger partial charge in [0.05, 0.1) is 0 Å². The fraction of sp³-hybridized carbons (Fsp3) is 0.667. The molecule has 3 heteroatoms. The predicted octanol–water partition coefficient (Wildman–Crippen LogP) is 1.29. The second kappa shape index (κ2) is 3.48. The zero-order valence-electron chi connectivity index (χ0n) is 7.22. The van der Waals surface area contributed by atoms with Gasteiger partial charge in [0.15, 0.2) is 5.60 Å². The van der Waals surface area contributed by atoms with Gasteiger partial charge in [-0.15, -0.1) is 6.42 Å². The van der Waals surface area contributed by atoms with Crippen LogP contribution in [0.5, 0.6) is 0 Å². The van der Waals surface area contributed by atoms with E-state index >= 15 is 0 Å². The highest BCUT2D eigenvalue weighted by atomic mass is 16.6. The lowest BCUT2D eigenvalue weighted by Crippen LogP contribution is -2.34. The average molecular weight is 167 g/mol. The molecule has 0 aromatic rings. The SMILES string of the molecule is C#CC1(OC(=O)NC)CCCC1. The van der Waals surface area contributed by atoms with E-state index in [2.05, 4.69) is 11.2 Å². The highest BCUT2D eigenvalue weighted by Crippen LogP contribution is 2.32. The molecule has 1 aliphatic carbocycles. The molecule has 0 aliphatic heterocycles. The number of rotatable bonds is 1. The number of alkyl carbamates (subject to hydrolysis) is 1. The Kier molecular flexibility index (Phi) is 2.59. The summed E-state index contributed by atoms with van der Waals surface area (Å²) in [7, 11) is 1.53. The summed E-state index contributed by atoms with van der Waals surface area (Å²) >= 11 is 0. The van der Waals surface area contributed by atoms with Crippen LogP contribution in [0.25, 0.3) is 0 Å². The number of hydrogen-bond donors (Lipinski definition) is 1. The number of nitrogens with one attached hydrogen (secondary N) is 1. The molecule has 3 nitrogen and oxygen atoms in total. The van der Waals surface area contributed by atoms with Crippen molar-refractivity contribution in [3.63, 3.8) is 0 Å². The number of ether oxygens (including phenoxy) is 1. The van der Waals surface area contributed by atoms with E-state index in [0.29, 0.717) is 0 Å². The Morgan fingerprint density at radius 2 is 2.17 bits per heavy atom. The Morgan fingerprint density at radius 3 is 2.58 bits per heavy atom. The van der Waals surface area contributed by atoms with Crippen molar-refractivity contribution in [2.24, 2.45) is 0 Å². The van der Waals surface area contributed by atoms with E-state index in [-0.39, 0.29) is 0 Å². The van der Waals surface area contributed by atoms with E-state index in [9.17, 15) is 4.79 Å². The number of amides is 1. The van der Waals surface area contributed by atoms with E-state index in [1.54, 1.807) is 0 Å². The first kappa shape index (κ1) is 8.92. The largest absolute Gasteiger partial charge is 0.430 e. The minimum atomic E-state index is -0.625. The number of carbonyl (C=O) groups is 1. The van der Waals surface area contributed by atoms with Crippen molar-refractivity contribution >= 4 is 6.09 Å². The van der Waals surface area contributed by atoms with Crippen LogP contribution in [0.2, 0.25) is 0 Å². The lowest BCUT2D eigenvalue weighted by Gasteiger charge is -2.22. The zero-order chi connectivity index (χ0) is 9.03. The van der Waals surface area contributed by atoms with Gasteiger partial charge in [-0.05, 0) is 25.7 Å². The van der Waals surface area contributed by atoms with Gasteiger partial charge < -0.3 is 10.1 Å². The number of carbonyl (C=O) groups excluding carboxylic acids is 1. The van der Waals surface area contributed by atoms with Crippen molar-refractivity contribution < 1.29 is 9.53 Å². The lowest BCUT2D eigenvalue weighted by molar-refractivity contribution is 0.0600. The van der Waals surface area contributed by atoms with Crippen molar-refractivity contribution in [2.45, 2.75) is 31.3 Å². The van der Waals surface area contributed by atoms with Gasteiger partial charge in [0, 0.05) is 7.05 Å². The summed E-state index contributed by atoms with van der Waals surface area (Å²) in [6.07, 6.45) is 8.54. The molecule has 12 heavy (non-hydrogen) atoms. The molecule has 1 N–H and O–H groups in total. The fourth-order valence-corrected chi connectivity index (χ4v) is 1.45. The van der Waals surface area contributed by atoms with Crippen molar-refractivity contribution in [1.82, 2.24) is 5.32 Å². The Labute approximate surface area is 72.5 Å². The molecule has 1 amide bonds. The molecule has 0 spiro atoms. The minimum absolute atomic E-state index is 0.435. The summed E-state index contributed by atoms with van der Waals surface area (Å²) in [6, 6.07) is 0. The van der Waals surface area contributed by atoms with E-state index in [1.807, 2.05) is 0 Å². The third kappa shape index (κ3) is 1.70. The van der Waals surface area contributed by atoms with E-state index in [1.165, 1.54) is 7.05 Å². The van der Waals surface area contributed by atoms with Crippen molar-refractivity contribution in [3.8, 4) is 12.3 Å². The molecule has 0 radical (unpaired) electrons. The molecule has 0 bridgehead atoms. The van der Waals surface area contributed by atoms with Gasteiger partial charge in [-0.2, -0.15) is 0 Å². The summed E-state index contributed by atoms with van der Waals surface area (Å²) < 4.78 is 5.11. The van der Waals surface area contributed by atoms with Gasteiger partial charge in [-0.25, -0.2) is 4.79 Å². The summed E-state index contributed by atoms with van der Waals surface area (Å²) in [5, 5.41) is 2.39. The van der Waals surface area contributed by atoms with Crippen LogP contribution in [0.1, 0.15) is 25.7 Å². The van der Waals surface area contributed by atoms with Crippen LogP contribution in [0, 0.1) is 12.3 Å². The van der Waals surface area contributed by atoms with Crippen LogP contribution < -0.4 is 5.32 Å². The Morgan fingerprint density at radius 1 is 1.58 bits per heavy atom. The first-order chi connectivity index (χ1) is 5.72. The average Bonchev–Trinajstić information content (AvgIpc) is 2.54. The normalized spacial score (nSPS) is 19.7. The molecular weight excluding hydrogens is 154 g/mol. The molecule has 0 saturated heterocycles. The fourth-order valence-electron chi connectivity index (χ4n) is 1.45. The second-order valence-corrected chi connectivity index (χ2v) is 2.99. The third-order valence-corrected chi connectivity index (χ3v) is 2.17. The zero-order valence-corrected chi connectivity index (χ0v) is 7.22. The van der Waals surface area contributed by atoms with Gasteiger partial charge in [-0.3, -0.25) is 0 Å². The quantitative estimate of drug-likeness (QED) is 0.597.